The van der Waals surface area contributed by atoms with Crippen LogP contribution in [0.25, 0.3) is 11.1 Å². The molecule has 1 aliphatic rings. The molecule has 1 atom stereocenters. The minimum atomic E-state index is -0.823. The van der Waals surface area contributed by atoms with Crippen molar-refractivity contribution in [3.05, 3.63) is 82.7 Å². The smallest absolute Gasteiger partial charge is 0.0701 e. The Morgan fingerprint density at radius 3 is 2.44 bits per heavy atom. The van der Waals surface area contributed by atoms with Crippen molar-refractivity contribution in [2.24, 2.45) is 0 Å². The van der Waals surface area contributed by atoms with Crippen LogP contribution in [0.4, 0.5) is 0 Å². The van der Waals surface area contributed by atoms with E-state index in [1.807, 2.05) is 0 Å². The van der Waals surface area contributed by atoms with Crippen LogP contribution < -0.4 is 5.32 Å². The molecule has 27 heavy (non-hydrogen) atoms. The number of hydrogen-bond donors (Lipinski definition) is 1. The van der Waals surface area contributed by atoms with Crippen LogP contribution in [-0.4, -0.2) is 8.80 Å². The van der Waals surface area contributed by atoms with Crippen molar-refractivity contribution in [2.45, 2.75) is 58.7 Å². The van der Waals surface area contributed by atoms with Crippen LogP contribution in [0.3, 0.4) is 0 Å². The van der Waals surface area contributed by atoms with Gasteiger partial charge in [-0.25, -0.2) is 0 Å². The predicted molar refractivity (Wildman–Crippen MR) is 122 cm³/mol. The molecule has 0 saturated carbocycles. The molecule has 0 radical (unpaired) electrons. The zero-order valence-corrected chi connectivity index (χ0v) is 18.4. The maximum atomic E-state index is 3.70. The highest BCUT2D eigenvalue weighted by Gasteiger charge is 2.20. The van der Waals surface area contributed by atoms with Crippen molar-refractivity contribution >= 4 is 8.80 Å². The molecule has 142 valence electrons. The third-order valence-electron chi connectivity index (χ3n) is 5.55. The Morgan fingerprint density at radius 1 is 0.963 bits per heavy atom. The van der Waals surface area contributed by atoms with E-state index in [1.54, 1.807) is 10.8 Å². The third-order valence-corrected chi connectivity index (χ3v) is 7.33. The lowest BCUT2D eigenvalue weighted by Gasteiger charge is -2.27. The Hall–Kier alpha value is -2.06. The molecule has 0 aromatic heterocycles. The molecule has 1 heterocycles. The monoisotopic (exact) mass is 375 g/mol. The molecule has 0 amide bonds. The fraction of sp³-hybridized carbons (Fsp3) is 0.360. The summed E-state index contributed by atoms with van der Waals surface area (Å²) in [5.41, 5.74) is 6.93. The van der Waals surface area contributed by atoms with Gasteiger partial charge < -0.3 is 5.32 Å². The largest absolute Gasteiger partial charge is 0.381 e. The highest BCUT2D eigenvalue weighted by atomic mass is 28.3. The Bertz CT molecular complexity index is 817. The van der Waals surface area contributed by atoms with Crippen molar-refractivity contribution in [3.63, 3.8) is 0 Å². The number of benzene rings is 2. The average molecular weight is 376 g/mol. The van der Waals surface area contributed by atoms with Crippen molar-refractivity contribution in [1.82, 2.24) is 5.32 Å². The second kappa shape index (κ2) is 9.23. The van der Waals surface area contributed by atoms with Gasteiger partial charge in [-0.05, 0) is 65.1 Å². The SMILES string of the molecule is CCCCCC1=CC(c2cc(-c3ccccc3)ccc2C)NC=C1[SiH](C)C. The van der Waals surface area contributed by atoms with Crippen LogP contribution in [-0.2, 0) is 0 Å². The number of rotatable bonds is 7. The van der Waals surface area contributed by atoms with E-state index < -0.39 is 8.80 Å². The molecule has 1 N–H and O–H groups in total. The quantitative estimate of drug-likeness (QED) is 0.418. The van der Waals surface area contributed by atoms with Crippen molar-refractivity contribution in [1.29, 1.82) is 0 Å². The number of hydrogen-bond acceptors (Lipinski definition) is 1. The molecule has 1 aliphatic heterocycles. The highest BCUT2D eigenvalue weighted by Crippen LogP contribution is 2.32. The normalized spacial score (nSPS) is 16.7. The number of allylic oxidation sites excluding steroid dienone is 2. The minimum absolute atomic E-state index is 0.279. The van der Waals surface area contributed by atoms with E-state index in [4.69, 9.17) is 0 Å². The Balaban J connectivity index is 1.91. The Morgan fingerprint density at radius 2 is 1.74 bits per heavy atom. The molecule has 0 bridgehead atoms. The summed E-state index contributed by atoms with van der Waals surface area (Å²) in [4.78, 5) is 0. The Labute approximate surface area is 166 Å². The van der Waals surface area contributed by atoms with Gasteiger partial charge in [0.1, 0.15) is 0 Å². The first kappa shape index (κ1) is 19.7. The summed E-state index contributed by atoms with van der Waals surface area (Å²) in [6.07, 6.45) is 9.97. The first-order valence-electron chi connectivity index (χ1n) is 10.4. The summed E-state index contributed by atoms with van der Waals surface area (Å²) >= 11 is 0. The molecule has 0 aliphatic carbocycles. The van der Waals surface area contributed by atoms with E-state index >= 15 is 0 Å². The van der Waals surface area contributed by atoms with E-state index in [-0.39, 0.29) is 6.04 Å². The summed E-state index contributed by atoms with van der Waals surface area (Å²) < 4.78 is 0. The van der Waals surface area contributed by atoms with E-state index in [2.05, 4.69) is 93.1 Å². The molecular formula is C25H33NSi. The fourth-order valence-corrected chi connectivity index (χ4v) is 5.33. The molecule has 2 aromatic rings. The van der Waals surface area contributed by atoms with Gasteiger partial charge in [-0.1, -0.05) is 81.4 Å². The molecule has 0 fully saturated rings. The fourth-order valence-electron chi connectivity index (χ4n) is 3.91. The van der Waals surface area contributed by atoms with E-state index in [0.717, 1.165) is 0 Å². The first-order chi connectivity index (χ1) is 13.1. The van der Waals surface area contributed by atoms with Crippen LogP contribution in [0.1, 0.15) is 49.8 Å². The molecule has 0 spiro atoms. The van der Waals surface area contributed by atoms with Gasteiger partial charge >= 0.3 is 0 Å². The molecular weight excluding hydrogens is 342 g/mol. The minimum Gasteiger partial charge on any atom is -0.381 e. The van der Waals surface area contributed by atoms with Crippen LogP contribution in [0.15, 0.2) is 71.6 Å². The van der Waals surface area contributed by atoms with E-state index in [0.29, 0.717) is 0 Å². The maximum absolute atomic E-state index is 3.70. The lowest BCUT2D eigenvalue weighted by molar-refractivity contribution is 0.687. The van der Waals surface area contributed by atoms with Crippen LogP contribution in [0.2, 0.25) is 13.1 Å². The zero-order chi connectivity index (χ0) is 19.2. The van der Waals surface area contributed by atoms with Gasteiger partial charge in [0.15, 0.2) is 0 Å². The van der Waals surface area contributed by atoms with Gasteiger partial charge in [0.2, 0.25) is 0 Å². The van der Waals surface area contributed by atoms with Gasteiger partial charge in [-0.2, -0.15) is 0 Å². The van der Waals surface area contributed by atoms with Crippen molar-refractivity contribution in [2.75, 3.05) is 0 Å². The standard InChI is InChI=1S/C25H33NSi/c1-5-6-8-13-22-17-24(26-18-25(22)27(3)4)23-16-21(15-14-19(23)2)20-11-9-7-10-12-20/h7,9-12,14-18,24,26-27H,5-6,8,13H2,1-4H3. The van der Waals surface area contributed by atoms with Crippen LogP contribution >= 0.6 is 0 Å². The topological polar surface area (TPSA) is 12.0 Å². The maximum Gasteiger partial charge on any atom is 0.0701 e. The second-order valence-electron chi connectivity index (χ2n) is 7.99. The highest BCUT2D eigenvalue weighted by molar-refractivity contribution is 6.65. The molecule has 1 nitrogen and oxygen atoms in total. The lowest BCUT2D eigenvalue weighted by atomic mass is 9.92. The van der Waals surface area contributed by atoms with Crippen LogP contribution in [0.5, 0.6) is 0 Å². The number of dihydropyridines is 1. The van der Waals surface area contributed by atoms with Crippen molar-refractivity contribution < 1.29 is 0 Å². The van der Waals surface area contributed by atoms with Crippen LogP contribution in [0, 0.1) is 6.92 Å². The van der Waals surface area contributed by atoms with Gasteiger partial charge in [0.25, 0.3) is 0 Å². The summed E-state index contributed by atoms with van der Waals surface area (Å²) in [6.45, 7) is 9.38. The summed E-state index contributed by atoms with van der Waals surface area (Å²) in [5.74, 6) is 0. The lowest BCUT2D eigenvalue weighted by Crippen LogP contribution is -2.24. The predicted octanol–water partition coefficient (Wildman–Crippen LogP) is 6.72. The summed E-state index contributed by atoms with van der Waals surface area (Å²) in [7, 11) is -0.823. The second-order valence-corrected chi connectivity index (χ2v) is 10.9. The number of aryl methyl sites for hydroxylation is 1. The molecule has 3 rings (SSSR count). The molecule has 2 aromatic carbocycles. The van der Waals surface area contributed by atoms with Gasteiger partial charge in [0.05, 0.1) is 14.8 Å². The molecule has 1 unspecified atom stereocenters. The van der Waals surface area contributed by atoms with Gasteiger partial charge in [-0.3, -0.25) is 0 Å². The van der Waals surface area contributed by atoms with Crippen molar-refractivity contribution in [3.8, 4) is 11.1 Å². The average Bonchev–Trinajstić information content (AvgIpc) is 2.69. The number of nitrogens with one attached hydrogen (secondary N) is 1. The van der Waals surface area contributed by atoms with E-state index in [9.17, 15) is 0 Å². The van der Waals surface area contributed by atoms with Gasteiger partial charge in [-0.15, -0.1) is 0 Å². The molecule has 2 heteroatoms. The first-order valence-corrected chi connectivity index (χ1v) is 13.3. The Kier molecular flexibility index (Phi) is 6.73. The summed E-state index contributed by atoms with van der Waals surface area (Å²) in [6, 6.07) is 17.8. The molecule has 0 saturated heterocycles. The van der Waals surface area contributed by atoms with Gasteiger partial charge in [0, 0.05) is 0 Å². The zero-order valence-electron chi connectivity index (χ0n) is 17.3. The third kappa shape index (κ3) is 4.81. The summed E-state index contributed by atoms with van der Waals surface area (Å²) in [5, 5.41) is 5.31. The number of unbranched alkanes of at least 4 members (excludes halogenated alkanes) is 2. The van der Waals surface area contributed by atoms with E-state index in [1.165, 1.54) is 47.9 Å².